The van der Waals surface area contributed by atoms with Crippen LogP contribution in [-0.4, -0.2) is 75.2 Å². The fraction of sp³-hybridized carbons (Fsp3) is 0.952. The van der Waals surface area contributed by atoms with Crippen LogP contribution in [0.3, 0.4) is 0 Å². The van der Waals surface area contributed by atoms with Crippen molar-refractivity contribution in [3.05, 3.63) is 0 Å². The van der Waals surface area contributed by atoms with Crippen molar-refractivity contribution in [1.29, 1.82) is 0 Å². The molecule has 0 fully saturated rings. The third-order valence-electron chi connectivity index (χ3n) is 9.24. The van der Waals surface area contributed by atoms with Gasteiger partial charge in [0.1, 0.15) is 0 Å². The van der Waals surface area contributed by atoms with Crippen LogP contribution in [0, 0.1) is 22.7 Å². The Balaban J connectivity index is 3.81. The number of unbranched alkanes of at least 4 members (excludes halogenated alkanes) is 12. The summed E-state index contributed by atoms with van der Waals surface area (Å²) in [6.45, 7) is 24.0. The summed E-state index contributed by atoms with van der Waals surface area (Å²) in [5, 5.41) is 0. The molecule has 0 aromatic heterocycles. The van der Waals surface area contributed by atoms with E-state index in [-0.39, 0.29) is 11.9 Å². The summed E-state index contributed by atoms with van der Waals surface area (Å²) in [5.41, 5.74) is 0.671. The normalized spacial score (nSPS) is 13.7. The van der Waals surface area contributed by atoms with Crippen molar-refractivity contribution in [1.82, 2.24) is 9.80 Å². The van der Waals surface area contributed by atoms with E-state index >= 15 is 0 Å². The van der Waals surface area contributed by atoms with E-state index in [4.69, 9.17) is 9.47 Å². The summed E-state index contributed by atoms with van der Waals surface area (Å²) in [5.74, 6) is 1.16. The molecule has 0 aromatic rings. The summed E-state index contributed by atoms with van der Waals surface area (Å²) in [4.78, 5) is 29.1. The lowest BCUT2D eigenvalue weighted by Gasteiger charge is -2.24. The fourth-order valence-electron chi connectivity index (χ4n) is 6.84. The van der Waals surface area contributed by atoms with E-state index in [0.29, 0.717) is 48.7 Å². The highest BCUT2D eigenvalue weighted by Crippen LogP contribution is 2.27. The summed E-state index contributed by atoms with van der Waals surface area (Å²) in [6, 6.07) is 0. The molecule has 48 heavy (non-hydrogen) atoms. The van der Waals surface area contributed by atoms with Crippen LogP contribution >= 0.6 is 0 Å². The zero-order valence-corrected chi connectivity index (χ0v) is 34.1. The molecule has 286 valence electrons. The van der Waals surface area contributed by atoms with Crippen LogP contribution in [0.5, 0.6) is 0 Å². The highest BCUT2D eigenvalue weighted by molar-refractivity contribution is 5.69. The quantitative estimate of drug-likeness (QED) is 0.0536. The van der Waals surface area contributed by atoms with Crippen LogP contribution in [0.4, 0.5) is 0 Å². The van der Waals surface area contributed by atoms with E-state index in [2.05, 4.69) is 79.3 Å². The van der Waals surface area contributed by atoms with E-state index in [0.717, 1.165) is 51.6 Å². The van der Waals surface area contributed by atoms with Gasteiger partial charge in [-0.3, -0.25) is 9.59 Å². The minimum Gasteiger partial charge on any atom is -0.466 e. The average molecular weight is 681 g/mol. The van der Waals surface area contributed by atoms with Gasteiger partial charge in [-0.2, -0.15) is 0 Å². The van der Waals surface area contributed by atoms with Gasteiger partial charge in [-0.15, -0.1) is 0 Å². The third kappa shape index (κ3) is 34.7. The van der Waals surface area contributed by atoms with Crippen LogP contribution in [0.2, 0.25) is 0 Å². The van der Waals surface area contributed by atoms with Crippen LogP contribution in [0.1, 0.15) is 184 Å². The molecule has 0 heterocycles. The van der Waals surface area contributed by atoms with E-state index in [1.54, 1.807) is 0 Å². The first-order chi connectivity index (χ1) is 22.6. The predicted octanol–water partition coefficient (Wildman–Crippen LogP) is 11.1. The summed E-state index contributed by atoms with van der Waals surface area (Å²) in [7, 11) is 4.34. The van der Waals surface area contributed by atoms with Crippen molar-refractivity contribution < 1.29 is 19.1 Å². The van der Waals surface area contributed by atoms with Gasteiger partial charge in [-0.1, -0.05) is 120 Å². The van der Waals surface area contributed by atoms with Crippen LogP contribution < -0.4 is 0 Å². The molecule has 0 aliphatic rings. The number of likely N-dealkylation sites (N-methyl/N-ethyl adjacent to an activating group) is 1. The second kappa shape index (κ2) is 28.5. The zero-order chi connectivity index (χ0) is 36.3. The highest BCUT2D eigenvalue weighted by atomic mass is 16.5. The molecule has 0 aliphatic carbocycles. The molecule has 0 N–H and O–H groups in total. The van der Waals surface area contributed by atoms with Crippen molar-refractivity contribution in [2.75, 3.05) is 53.5 Å². The maximum atomic E-state index is 12.1. The minimum atomic E-state index is -0.0164. The van der Waals surface area contributed by atoms with Gasteiger partial charge in [0.25, 0.3) is 0 Å². The number of nitrogens with zero attached hydrogens (tertiary/aromatic N) is 2. The Bertz CT molecular complexity index is 713. The second-order valence-electron chi connectivity index (χ2n) is 17.9. The molecule has 6 nitrogen and oxygen atoms in total. The van der Waals surface area contributed by atoms with Gasteiger partial charge in [0.15, 0.2) is 0 Å². The topological polar surface area (TPSA) is 59.1 Å². The summed E-state index contributed by atoms with van der Waals surface area (Å²) < 4.78 is 11.0. The smallest absolute Gasteiger partial charge is 0.305 e. The van der Waals surface area contributed by atoms with Crippen molar-refractivity contribution in [3.8, 4) is 0 Å². The number of ether oxygens (including phenoxy) is 2. The fourth-order valence-corrected chi connectivity index (χ4v) is 6.84. The largest absolute Gasteiger partial charge is 0.466 e. The Labute approximate surface area is 300 Å². The molecule has 2 unspecified atom stereocenters. The van der Waals surface area contributed by atoms with Gasteiger partial charge in [0.2, 0.25) is 0 Å². The maximum Gasteiger partial charge on any atom is 0.305 e. The molecule has 0 aliphatic heterocycles. The second-order valence-corrected chi connectivity index (χ2v) is 17.9. The molecule has 0 bridgehead atoms. The molecule has 0 rings (SSSR count). The van der Waals surface area contributed by atoms with Gasteiger partial charge in [0.05, 0.1) is 13.2 Å². The van der Waals surface area contributed by atoms with Gasteiger partial charge < -0.3 is 19.3 Å². The molecule has 2 atom stereocenters. The number of hydrogen-bond donors (Lipinski definition) is 0. The lowest BCUT2D eigenvalue weighted by Crippen LogP contribution is -2.33. The van der Waals surface area contributed by atoms with Crippen molar-refractivity contribution in [3.63, 3.8) is 0 Å². The Morgan fingerprint density at radius 3 is 1.17 bits per heavy atom. The van der Waals surface area contributed by atoms with Crippen molar-refractivity contribution in [2.45, 2.75) is 184 Å². The van der Waals surface area contributed by atoms with Crippen molar-refractivity contribution >= 4 is 11.9 Å². The van der Waals surface area contributed by atoms with E-state index in [1.165, 1.54) is 90.1 Å². The standard InChI is InChI=1S/C42H84N2O4/c1-37(35-41(3,4)5)27-33-47-39(45)25-21-17-13-11-15-19-23-29-44(32-31-43(9)10)30-24-20-16-12-14-18-22-26-40(46)48-34-28-38(2)36-42(6,7)8/h37-38H,11-36H2,1-10H3. The predicted molar refractivity (Wildman–Crippen MR) is 206 cm³/mol. The SMILES string of the molecule is CC(CCOC(=O)CCCCCCCCCN(CCCCCCCCCC(=O)OCCC(C)CC(C)(C)C)CCN(C)C)CC(C)(C)C. The monoisotopic (exact) mass is 681 g/mol. The molecular weight excluding hydrogens is 596 g/mol. The number of carbonyl (C=O) groups excluding carboxylic acids is 2. The van der Waals surface area contributed by atoms with Crippen LogP contribution in [-0.2, 0) is 19.1 Å². The molecule has 0 amide bonds. The average Bonchev–Trinajstić information content (AvgIpc) is 2.95. The van der Waals surface area contributed by atoms with E-state index < -0.39 is 0 Å². The van der Waals surface area contributed by atoms with Gasteiger partial charge >= 0.3 is 11.9 Å². The third-order valence-corrected chi connectivity index (χ3v) is 9.24. The molecule has 0 radical (unpaired) electrons. The van der Waals surface area contributed by atoms with Gasteiger partial charge in [-0.05, 0) is 101 Å². The zero-order valence-electron chi connectivity index (χ0n) is 34.1. The van der Waals surface area contributed by atoms with Crippen LogP contribution in [0.25, 0.3) is 0 Å². The Kier molecular flexibility index (Phi) is 27.9. The van der Waals surface area contributed by atoms with Crippen LogP contribution in [0.15, 0.2) is 0 Å². The molecule has 0 aromatic carbocycles. The van der Waals surface area contributed by atoms with Crippen molar-refractivity contribution in [2.24, 2.45) is 22.7 Å². The van der Waals surface area contributed by atoms with E-state index in [9.17, 15) is 9.59 Å². The van der Waals surface area contributed by atoms with E-state index in [1.807, 2.05) is 0 Å². The number of carbonyl (C=O) groups is 2. The molecule has 0 spiro atoms. The molecule has 0 saturated heterocycles. The minimum absolute atomic E-state index is 0.0164. The first-order valence-electron chi connectivity index (χ1n) is 20.3. The summed E-state index contributed by atoms with van der Waals surface area (Å²) in [6.07, 6.45) is 22.4. The Morgan fingerprint density at radius 1 is 0.500 bits per heavy atom. The lowest BCUT2D eigenvalue weighted by molar-refractivity contribution is -0.145. The molecule has 6 heteroatoms. The van der Waals surface area contributed by atoms with Gasteiger partial charge in [-0.25, -0.2) is 0 Å². The summed E-state index contributed by atoms with van der Waals surface area (Å²) >= 11 is 0. The molecular formula is C42H84N2O4. The Morgan fingerprint density at radius 2 is 0.833 bits per heavy atom. The van der Waals surface area contributed by atoms with Gasteiger partial charge in [0, 0.05) is 25.9 Å². The number of rotatable bonds is 31. The Hall–Kier alpha value is -1.14. The first-order valence-corrected chi connectivity index (χ1v) is 20.3. The highest BCUT2D eigenvalue weighted by Gasteiger charge is 2.17. The first kappa shape index (κ1) is 46.9. The number of esters is 2. The molecule has 0 saturated carbocycles. The maximum absolute atomic E-state index is 12.1. The number of hydrogen-bond acceptors (Lipinski definition) is 6. The lowest BCUT2D eigenvalue weighted by atomic mass is 9.84.